The lowest BCUT2D eigenvalue weighted by atomic mass is 10.0. The zero-order valence-corrected chi connectivity index (χ0v) is 21.0. The quantitative estimate of drug-likeness (QED) is 0.292. The molecule has 0 aliphatic carbocycles. The first-order valence-corrected chi connectivity index (χ1v) is 12.0. The second-order valence-electron chi connectivity index (χ2n) is 9.09. The van der Waals surface area contributed by atoms with Crippen molar-refractivity contribution in [2.45, 2.75) is 38.9 Å². The van der Waals surface area contributed by atoms with Crippen LogP contribution in [0.1, 0.15) is 42.6 Å². The largest absolute Gasteiger partial charge is 0.481 e. The number of rotatable bonds is 12. The second-order valence-corrected chi connectivity index (χ2v) is 9.09. The van der Waals surface area contributed by atoms with Crippen LogP contribution in [-0.4, -0.2) is 46.4 Å². The summed E-state index contributed by atoms with van der Waals surface area (Å²) < 4.78 is 44.1. The molecule has 0 bridgehead atoms. The van der Waals surface area contributed by atoms with E-state index in [1.165, 1.54) is 12.1 Å². The number of amides is 1. The lowest BCUT2D eigenvalue weighted by Gasteiger charge is -2.22. The summed E-state index contributed by atoms with van der Waals surface area (Å²) in [6.45, 7) is 4.50. The number of anilines is 1. The molecule has 202 valence electrons. The van der Waals surface area contributed by atoms with Gasteiger partial charge in [-0.1, -0.05) is 26.0 Å². The van der Waals surface area contributed by atoms with E-state index in [0.717, 1.165) is 24.2 Å². The van der Waals surface area contributed by atoms with Crippen LogP contribution >= 0.6 is 0 Å². The molecular weight excluding hydrogens is 501 g/mol. The summed E-state index contributed by atoms with van der Waals surface area (Å²) in [5.41, 5.74) is 1.41. The number of ether oxygens (including phenoxy) is 1. The van der Waals surface area contributed by atoms with Crippen LogP contribution in [0.15, 0.2) is 60.7 Å². The lowest BCUT2D eigenvalue weighted by Crippen LogP contribution is -2.29. The topological polar surface area (TPSA) is 113 Å². The molecule has 3 N–H and O–H groups in total. The van der Waals surface area contributed by atoms with Gasteiger partial charge < -0.3 is 20.5 Å². The lowest BCUT2D eigenvalue weighted by molar-refractivity contribution is -0.138. The van der Waals surface area contributed by atoms with Gasteiger partial charge in [0.05, 0.1) is 23.7 Å². The molecule has 3 rings (SSSR count). The number of nitrogens with zero attached hydrogens (tertiary/aromatic N) is 2. The number of hydrogen-bond donors (Lipinski definition) is 3. The molecule has 1 atom stereocenters. The molecule has 11 heteroatoms. The van der Waals surface area contributed by atoms with E-state index >= 15 is 0 Å². The number of halogens is 3. The molecule has 1 heterocycles. The molecule has 1 amide bonds. The molecule has 2 aromatic carbocycles. The van der Waals surface area contributed by atoms with Crippen molar-refractivity contribution < 1.29 is 32.6 Å². The van der Waals surface area contributed by atoms with Crippen LogP contribution in [-0.2, 0) is 11.0 Å². The Bertz CT molecular complexity index is 1200. The van der Waals surface area contributed by atoms with Crippen molar-refractivity contribution in [2.75, 3.05) is 18.5 Å². The number of carbonyl (C=O) groups is 2. The van der Waals surface area contributed by atoms with Gasteiger partial charge in [0.15, 0.2) is 0 Å². The highest BCUT2D eigenvalue weighted by Crippen LogP contribution is 2.30. The molecule has 8 nitrogen and oxygen atoms in total. The van der Waals surface area contributed by atoms with Crippen molar-refractivity contribution in [1.29, 1.82) is 0 Å². The van der Waals surface area contributed by atoms with Crippen molar-refractivity contribution in [2.24, 2.45) is 5.92 Å². The number of carboxylic acid groups (broad SMARTS) is 1. The summed E-state index contributed by atoms with van der Waals surface area (Å²) in [6.07, 6.45) is -3.76. The van der Waals surface area contributed by atoms with Gasteiger partial charge >= 0.3 is 12.1 Å². The Morgan fingerprint density at radius 1 is 0.974 bits per heavy atom. The molecule has 3 aromatic rings. The molecular formula is C27H29F3N4O4. The van der Waals surface area contributed by atoms with E-state index < -0.39 is 17.7 Å². The number of aromatic nitrogens is 2. The SMILES string of the molecule is CC(C)CC(COc1ccc(-c2ccc(C(F)(F)F)cc2)nn1)Nc1ccc(C(=O)NCCC(=O)O)cc1. The second kappa shape index (κ2) is 12.9. The fourth-order valence-electron chi connectivity index (χ4n) is 3.64. The molecule has 1 unspecified atom stereocenters. The zero-order valence-electron chi connectivity index (χ0n) is 21.0. The predicted molar refractivity (Wildman–Crippen MR) is 136 cm³/mol. The van der Waals surface area contributed by atoms with Gasteiger partial charge in [0, 0.05) is 29.4 Å². The monoisotopic (exact) mass is 530 g/mol. The Morgan fingerprint density at radius 2 is 1.66 bits per heavy atom. The molecule has 1 aromatic heterocycles. The number of hydrogen-bond acceptors (Lipinski definition) is 6. The number of carboxylic acids is 1. The standard InChI is InChI=1S/C27H29F3N4O4/c1-17(2)15-22(32-21-9-5-19(6-10-21)26(37)31-14-13-25(35)36)16-38-24-12-11-23(33-34-24)18-3-7-20(8-4-18)27(28,29)30/h3-12,17,22,32H,13-16H2,1-2H3,(H,31,37)(H,35,36). The van der Waals surface area contributed by atoms with Crippen molar-refractivity contribution >= 4 is 17.6 Å². The maximum absolute atomic E-state index is 12.8. The first kappa shape index (κ1) is 28.4. The predicted octanol–water partition coefficient (Wildman–Crippen LogP) is 5.27. The van der Waals surface area contributed by atoms with E-state index in [1.807, 2.05) is 0 Å². The van der Waals surface area contributed by atoms with E-state index in [2.05, 4.69) is 34.7 Å². The number of aliphatic carboxylic acids is 1. The number of carbonyl (C=O) groups excluding carboxylic acids is 1. The smallest absolute Gasteiger partial charge is 0.416 e. The first-order chi connectivity index (χ1) is 18.0. The van der Waals surface area contributed by atoms with Crippen LogP contribution in [0.3, 0.4) is 0 Å². The van der Waals surface area contributed by atoms with Gasteiger partial charge in [-0.05, 0) is 54.8 Å². The third-order valence-electron chi connectivity index (χ3n) is 5.48. The third-order valence-corrected chi connectivity index (χ3v) is 5.48. The highest BCUT2D eigenvalue weighted by molar-refractivity contribution is 5.94. The fourth-order valence-corrected chi connectivity index (χ4v) is 3.64. The van der Waals surface area contributed by atoms with E-state index in [4.69, 9.17) is 9.84 Å². The Balaban J connectivity index is 1.57. The number of alkyl halides is 3. The normalized spacial score (nSPS) is 12.2. The summed E-state index contributed by atoms with van der Waals surface area (Å²) in [4.78, 5) is 22.7. The van der Waals surface area contributed by atoms with Gasteiger partial charge in [-0.3, -0.25) is 9.59 Å². The highest BCUT2D eigenvalue weighted by atomic mass is 19.4. The zero-order chi connectivity index (χ0) is 27.7. The molecule has 0 radical (unpaired) electrons. The molecule has 0 aliphatic rings. The maximum atomic E-state index is 12.8. The number of nitrogens with one attached hydrogen (secondary N) is 2. The highest BCUT2D eigenvalue weighted by Gasteiger charge is 2.30. The van der Waals surface area contributed by atoms with E-state index in [-0.39, 0.29) is 37.4 Å². The summed E-state index contributed by atoms with van der Waals surface area (Å²) in [5, 5.41) is 22.7. The minimum Gasteiger partial charge on any atom is -0.481 e. The van der Waals surface area contributed by atoms with Gasteiger partial charge in [0.1, 0.15) is 6.61 Å². The van der Waals surface area contributed by atoms with Crippen molar-refractivity contribution in [3.63, 3.8) is 0 Å². The van der Waals surface area contributed by atoms with E-state index in [9.17, 15) is 22.8 Å². The maximum Gasteiger partial charge on any atom is 0.416 e. The van der Waals surface area contributed by atoms with E-state index in [0.29, 0.717) is 22.7 Å². The van der Waals surface area contributed by atoms with Crippen LogP contribution < -0.4 is 15.4 Å². The van der Waals surface area contributed by atoms with Gasteiger partial charge in [-0.25, -0.2) is 0 Å². The van der Waals surface area contributed by atoms with Gasteiger partial charge in [0.25, 0.3) is 5.91 Å². The molecule has 0 saturated carbocycles. The van der Waals surface area contributed by atoms with Crippen LogP contribution in [0.25, 0.3) is 11.3 Å². The molecule has 38 heavy (non-hydrogen) atoms. The average molecular weight is 531 g/mol. The van der Waals surface area contributed by atoms with Crippen LogP contribution in [0.5, 0.6) is 5.88 Å². The summed E-state index contributed by atoms with van der Waals surface area (Å²) in [7, 11) is 0. The van der Waals surface area contributed by atoms with Crippen molar-refractivity contribution in [3.8, 4) is 17.1 Å². The minimum atomic E-state index is -4.40. The van der Waals surface area contributed by atoms with Crippen molar-refractivity contribution in [3.05, 3.63) is 71.8 Å². The Hall–Kier alpha value is -4.15. The molecule has 0 fully saturated rings. The van der Waals surface area contributed by atoms with Gasteiger partial charge in [-0.2, -0.15) is 13.2 Å². The summed E-state index contributed by atoms with van der Waals surface area (Å²) in [6, 6.07) is 14.7. The fraction of sp³-hybridized carbons (Fsp3) is 0.333. The number of benzene rings is 2. The van der Waals surface area contributed by atoms with Gasteiger partial charge in [0.2, 0.25) is 5.88 Å². The van der Waals surface area contributed by atoms with E-state index in [1.54, 1.807) is 36.4 Å². The van der Waals surface area contributed by atoms with Crippen LogP contribution in [0, 0.1) is 5.92 Å². The Kier molecular flexibility index (Phi) is 9.64. The van der Waals surface area contributed by atoms with Gasteiger partial charge in [-0.15, -0.1) is 10.2 Å². The van der Waals surface area contributed by atoms with Crippen molar-refractivity contribution in [1.82, 2.24) is 15.5 Å². The molecule has 0 aliphatic heterocycles. The Labute approximate surface area is 218 Å². The molecule has 0 spiro atoms. The average Bonchev–Trinajstić information content (AvgIpc) is 2.87. The summed E-state index contributed by atoms with van der Waals surface area (Å²) >= 11 is 0. The van der Waals surface area contributed by atoms with Crippen LogP contribution in [0.2, 0.25) is 0 Å². The third kappa shape index (κ3) is 8.75. The summed E-state index contributed by atoms with van der Waals surface area (Å²) in [5.74, 6) is -0.685. The Morgan fingerprint density at radius 3 is 2.21 bits per heavy atom. The first-order valence-electron chi connectivity index (χ1n) is 12.0. The molecule has 0 saturated heterocycles. The van der Waals surface area contributed by atoms with Crippen LogP contribution in [0.4, 0.5) is 18.9 Å². The minimum absolute atomic E-state index is 0.0518.